The molecule has 3 atom stereocenters. The molecular formula is C18H36N2. The molecule has 2 fully saturated rings. The predicted molar refractivity (Wildman–Crippen MR) is 88.1 cm³/mol. The number of hydrogen-bond acceptors (Lipinski definition) is 2. The predicted octanol–water partition coefficient (Wildman–Crippen LogP) is 4.20. The summed E-state index contributed by atoms with van der Waals surface area (Å²) in [6.07, 6.45) is 12.9. The monoisotopic (exact) mass is 280 g/mol. The minimum absolute atomic E-state index is 0.740. The Labute approximate surface area is 126 Å². The van der Waals surface area contributed by atoms with Crippen LogP contribution in [0.5, 0.6) is 0 Å². The van der Waals surface area contributed by atoms with Crippen LogP contribution < -0.4 is 5.32 Å². The highest BCUT2D eigenvalue weighted by molar-refractivity contribution is 4.93. The topological polar surface area (TPSA) is 15.3 Å². The summed E-state index contributed by atoms with van der Waals surface area (Å²) >= 11 is 0. The van der Waals surface area contributed by atoms with Crippen LogP contribution in [0.4, 0.5) is 0 Å². The molecular weight excluding hydrogens is 244 g/mol. The van der Waals surface area contributed by atoms with E-state index >= 15 is 0 Å². The maximum Gasteiger partial charge on any atom is 0.0254 e. The van der Waals surface area contributed by atoms with Crippen LogP contribution in [0.2, 0.25) is 0 Å². The van der Waals surface area contributed by atoms with Gasteiger partial charge in [-0.2, -0.15) is 0 Å². The molecule has 0 heterocycles. The van der Waals surface area contributed by atoms with Gasteiger partial charge < -0.3 is 5.32 Å². The Hall–Kier alpha value is -0.0800. The van der Waals surface area contributed by atoms with Crippen LogP contribution in [-0.2, 0) is 0 Å². The summed E-state index contributed by atoms with van der Waals surface area (Å²) in [6, 6.07) is 2.40. The molecule has 2 rings (SSSR count). The molecule has 0 spiro atoms. The Morgan fingerprint density at radius 1 is 0.950 bits per heavy atom. The van der Waals surface area contributed by atoms with Crippen LogP contribution in [-0.4, -0.2) is 36.1 Å². The fraction of sp³-hybridized carbons (Fsp3) is 1.00. The van der Waals surface area contributed by atoms with Crippen molar-refractivity contribution in [3.8, 4) is 0 Å². The van der Waals surface area contributed by atoms with Crippen LogP contribution in [0.15, 0.2) is 0 Å². The lowest BCUT2D eigenvalue weighted by atomic mass is 9.79. The number of hydrogen-bond donors (Lipinski definition) is 1. The first kappa shape index (κ1) is 16.3. The van der Waals surface area contributed by atoms with E-state index in [-0.39, 0.29) is 0 Å². The van der Waals surface area contributed by atoms with Crippen molar-refractivity contribution in [2.45, 2.75) is 96.7 Å². The lowest BCUT2D eigenvalue weighted by molar-refractivity contribution is 0.0484. The molecule has 0 aromatic rings. The third-order valence-corrected chi connectivity index (χ3v) is 5.80. The van der Waals surface area contributed by atoms with Gasteiger partial charge in [-0.25, -0.2) is 0 Å². The first-order valence-electron chi connectivity index (χ1n) is 9.29. The molecule has 2 aliphatic rings. The van der Waals surface area contributed by atoms with E-state index in [0.717, 1.165) is 30.6 Å². The van der Waals surface area contributed by atoms with E-state index in [1.807, 2.05) is 0 Å². The average Bonchev–Trinajstić information content (AvgIpc) is 2.51. The van der Waals surface area contributed by atoms with Gasteiger partial charge in [-0.05, 0) is 51.1 Å². The summed E-state index contributed by atoms with van der Waals surface area (Å²) in [6.45, 7) is 9.40. The normalized spacial score (nSPS) is 32.7. The van der Waals surface area contributed by atoms with Gasteiger partial charge in [0, 0.05) is 18.1 Å². The molecule has 0 amide bonds. The summed E-state index contributed by atoms with van der Waals surface area (Å²) < 4.78 is 0. The van der Waals surface area contributed by atoms with Gasteiger partial charge in [-0.3, -0.25) is 4.90 Å². The summed E-state index contributed by atoms with van der Waals surface area (Å²) in [5, 5.41) is 3.79. The van der Waals surface area contributed by atoms with Crippen molar-refractivity contribution in [2.75, 3.05) is 13.1 Å². The third kappa shape index (κ3) is 3.98. The van der Waals surface area contributed by atoms with Crippen molar-refractivity contribution in [3.63, 3.8) is 0 Å². The maximum atomic E-state index is 3.79. The van der Waals surface area contributed by atoms with Gasteiger partial charge in [0.25, 0.3) is 0 Å². The van der Waals surface area contributed by atoms with Crippen LogP contribution in [0.25, 0.3) is 0 Å². The number of rotatable bonds is 6. The standard InChI is InChI=1S/C18H36N2/c1-4-15-12-13-17(19-5-2)18(14-15)20(6-3)16-10-8-7-9-11-16/h15-19H,4-14H2,1-3H3. The smallest absolute Gasteiger partial charge is 0.0254 e. The van der Waals surface area contributed by atoms with Gasteiger partial charge in [-0.15, -0.1) is 0 Å². The largest absolute Gasteiger partial charge is 0.313 e. The quantitative estimate of drug-likeness (QED) is 0.784. The molecule has 0 aromatic carbocycles. The molecule has 3 unspecified atom stereocenters. The van der Waals surface area contributed by atoms with Crippen molar-refractivity contribution >= 4 is 0 Å². The van der Waals surface area contributed by atoms with E-state index < -0.39 is 0 Å². The molecule has 0 aliphatic heterocycles. The van der Waals surface area contributed by atoms with Gasteiger partial charge in [0.15, 0.2) is 0 Å². The molecule has 1 N–H and O–H groups in total. The van der Waals surface area contributed by atoms with E-state index in [4.69, 9.17) is 0 Å². The van der Waals surface area contributed by atoms with E-state index in [2.05, 4.69) is 31.0 Å². The number of nitrogens with zero attached hydrogens (tertiary/aromatic N) is 1. The summed E-state index contributed by atoms with van der Waals surface area (Å²) in [5.41, 5.74) is 0. The first-order valence-corrected chi connectivity index (χ1v) is 9.29. The van der Waals surface area contributed by atoms with Crippen molar-refractivity contribution in [1.82, 2.24) is 10.2 Å². The molecule has 2 aliphatic carbocycles. The van der Waals surface area contributed by atoms with Gasteiger partial charge in [-0.1, -0.05) is 46.5 Å². The van der Waals surface area contributed by atoms with Crippen LogP contribution in [0, 0.1) is 5.92 Å². The van der Waals surface area contributed by atoms with Gasteiger partial charge >= 0.3 is 0 Å². The van der Waals surface area contributed by atoms with Gasteiger partial charge in [0.2, 0.25) is 0 Å². The number of nitrogens with one attached hydrogen (secondary N) is 1. The van der Waals surface area contributed by atoms with Gasteiger partial charge in [0.05, 0.1) is 0 Å². The fourth-order valence-electron chi connectivity index (χ4n) is 4.65. The Kier molecular flexibility index (Phi) is 6.83. The van der Waals surface area contributed by atoms with Crippen molar-refractivity contribution in [1.29, 1.82) is 0 Å². The first-order chi connectivity index (χ1) is 9.80. The molecule has 0 radical (unpaired) electrons. The highest BCUT2D eigenvalue weighted by atomic mass is 15.2. The molecule has 0 bridgehead atoms. The highest BCUT2D eigenvalue weighted by Gasteiger charge is 2.35. The Balaban J connectivity index is 2.04. The van der Waals surface area contributed by atoms with Crippen molar-refractivity contribution in [3.05, 3.63) is 0 Å². The zero-order valence-corrected chi connectivity index (χ0v) is 14.0. The van der Waals surface area contributed by atoms with Crippen molar-refractivity contribution in [2.24, 2.45) is 5.92 Å². The second-order valence-corrected chi connectivity index (χ2v) is 6.94. The second kappa shape index (κ2) is 8.38. The van der Waals surface area contributed by atoms with E-state index in [0.29, 0.717) is 0 Å². The average molecular weight is 280 g/mol. The molecule has 0 saturated heterocycles. The van der Waals surface area contributed by atoms with Crippen LogP contribution in [0.1, 0.15) is 78.6 Å². The summed E-state index contributed by atoms with van der Waals surface area (Å²) in [4.78, 5) is 2.88. The third-order valence-electron chi connectivity index (χ3n) is 5.80. The lowest BCUT2D eigenvalue weighted by Crippen LogP contribution is -2.56. The zero-order valence-electron chi connectivity index (χ0n) is 14.0. The van der Waals surface area contributed by atoms with E-state index in [1.165, 1.54) is 64.3 Å². The highest BCUT2D eigenvalue weighted by Crippen LogP contribution is 2.33. The SMILES string of the molecule is CCNC1CCC(CC)CC1N(CC)C1CCCCC1. The Morgan fingerprint density at radius 3 is 2.30 bits per heavy atom. The maximum absolute atomic E-state index is 3.79. The number of likely N-dealkylation sites (N-methyl/N-ethyl adjacent to an activating group) is 2. The molecule has 0 aromatic heterocycles. The fourth-order valence-corrected chi connectivity index (χ4v) is 4.65. The summed E-state index contributed by atoms with van der Waals surface area (Å²) in [7, 11) is 0. The Bertz CT molecular complexity index is 260. The zero-order chi connectivity index (χ0) is 14.4. The second-order valence-electron chi connectivity index (χ2n) is 6.94. The minimum atomic E-state index is 0.740. The van der Waals surface area contributed by atoms with Crippen LogP contribution in [0.3, 0.4) is 0 Å². The van der Waals surface area contributed by atoms with Crippen LogP contribution >= 0.6 is 0 Å². The van der Waals surface area contributed by atoms with Crippen molar-refractivity contribution < 1.29 is 0 Å². The molecule has 2 heteroatoms. The van der Waals surface area contributed by atoms with Gasteiger partial charge in [0.1, 0.15) is 0 Å². The van der Waals surface area contributed by atoms with E-state index in [1.54, 1.807) is 0 Å². The minimum Gasteiger partial charge on any atom is -0.313 e. The molecule has 2 saturated carbocycles. The lowest BCUT2D eigenvalue weighted by Gasteiger charge is -2.47. The molecule has 2 nitrogen and oxygen atoms in total. The summed E-state index contributed by atoms with van der Waals surface area (Å²) in [5.74, 6) is 0.965. The molecule has 118 valence electrons. The Morgan fingerprint density at radius 2 is 1.70 bits per heavy atom. The molecule has 20 heavy (non-hydrogen) atoms. The van der Waals surface area contributed by atoms with E-state index in [9.17, 15) is 0 Å².